The average Bonchev–Trinajstić information content (AvgIpc) is 2.37. The zero-order valence-corrected chi connectivity index (χ0v) is 12.7. The Morgan fingerprint density at radius 1 is 0.667 bits per heavy atom. The maximum absolute atomic E-state index is 3.54. The summed E-state index contributed by atoms with van der Waals surface area (Å²) in [7, 11) is 0. The average molecular weight is 362 g/mol. The van der Waals surface area contributed by atoms with Crippen LogP contribution in [0.1, 0.15) is 0 Å². The normalized spacial score (nSPS) is 10.8. The van der Waals surface area contributed by atoms with Gasteiger partial charge < -0.3 is 0 Å². The molecule has 0 radical (unpaired) electrons. The van der Waals surface area contributed by atoms with Crippen molar-refractivity contribution in [3.8, 4) is 11.1 Å². The van der Waals surface area contributed by atoms with E-state index in [4.69, 9.17) is 0 Å². The summed E-state index contributed by atoms with van der Waals surface area (Å²) in [5.74, 6) is 0. The summed E-state index contributed by atoms with van der Waals surface area (Å²) < 4.78 is 2.17. The van der Waals surface area contributed by atoms with Crippen LogP contribution in [0, 0.1) is 0 Å². The summed E-state index contributed by atoms with van der Waals surface area (Å²) >= 11 is 7.09. The minimum atomic E-state index is 1.08. The van der Waals surface area contributed by atoms with Gasteiger partial charge in [0.15, 0.2) is 0 Å². The SMILES string of the molecule is Brc1cc(Br)cc(-c2cccc3ccccc23)c1. The molecule has 0 atom stereocenters. The van der Waals surface area contributed by atoms with Gasteiger partial charge in [0, 0.05) is 8.95 Å². The van der Waals surface area contributed by atoms with Gasteiger partial charge in [-0.15, -0.1) is 0 Å². The van der Waals surface area contributed by atoms with E-state index in [1.165, 1.54) is 21.9 Å². The van der Waals surface area contributed by atoms with Crippen LogP contribution in [0.4, 0.5) is 0 Å². The molecule has 0 aliphatic heterocycles. The molecule has 3 rings (SSSR count). The number of hydrogen-bond donors (Lipinski definition) is 0. The van der Waals surface area contributed by atoms with Crippen molar-refractivity contribution in [2.75, 3.05) is 0 Å². The van der Waals surface area contributed by atoms with Crippen molar-refractivity contribution in [2.24, 2.45) is 0 Å². The third kappa shape index (κ3) is 2.23. The predicted octanol–water partition coefficient (Wildman–Crippen LogP) is 6.03. The first-order valence-electron chi connectivity index (χ1n) is 5.68. The van der Waals surface area contributed by atoms with Crippen LogP contribution in [0.25, 0.3) is 21.9 Å². The van der Waals surface area contributed by atoms with E-state index in [9.17, 15) is 0 Å². The van der Waals surface area contributed by atoms with Gasteiger partial charge in [0.25, 0.3) is 0 Å². The fourth-order valence-electron chi connectivity index (χ4n) is 2.19. The Kier molecular flexibility index (Phi) is 3.23. The van der Waals surface area contributed by atoms with Crippen molar-refractivity contribution < 1.29 is 0 Å². The molecule has 0 aliphatic carbocycles. The zero-order valence-electron chi connectivity index (χ0n) is 9.53. The van der Waals surface area contributed by atoms with Crippen LogP contribution in [0.5, 0.6) is 0 Å². The molecule has 88 valence electrons. The molecule has 0 bridgehead atoms. The highest BCUT2D eigenvalue weighted by atomic mass is 79.9. The van der Waals surface area contributed by atoms with Gasteiger partial charge in [-0.2, -0.15) is 0 Å². The quantitative estimate of drug-likeness (QED) is 0.496. The highest BCUT2D eigenvalue weighted by Gasteiger charge is 2.04. The highest BCUT2D eigenvalue weighted by Crippen LogP contribution is 2.32. The zero-order chi connectivity index (χ0) is 12.5. The summed E-state index contributed by atoms with van der Waals surface area (Å²) in [6, 6.07) is 21.2. The van der Waals surface area contributed by atoms with Gasteiger partial charge in [-0.05, 0) is 40.1 Å². The lowest BCUT2D eigenvalue weighted by molar-refractivity contribution is 1.58. The monoisotopic (exact) mass is 360 g/mol. The van der Waals surface area contributed by atoms with E-state index in [1.807, 2.05) is 0 Å². The first-order chi connectivity index (χ1) is 8.74. The van der Waals surface area contributed by atoms with Gasteiger partial charge >= 0.3 is 0 Å². The van der Waals surface area contributed by atoms with E-state index in [0.717, 1.165) is 8.95 Å². The number of fused-ring (bicyclic) bond motifs is 1. The smallest absolute Gasteiger partial charge is 0.0192 e. The molecule has 18 heavy (non-hydrogen) atoms. The molecule has 0 aromatic heterocycles. The predicted molar refractivity (Wildman–Crippen MR) is 84.8 cm³/mol. The minimum absolute atomic E-state index is 1.08. The second-order valence-corrected chi connectivity index (χ2v) is 6.02. The Bertz CT molecular complexity index is 692. The standard InChI is InChI=1S/C16H10Br2/c17-13-8-12(9-14(18)10-13)16-7-3-5-11-4-1-2-6-15(11)16/h1-10H. The molecule has 0 nitrogen and oxygen atoms in total. The summed E-state index contributed by atoms with van der Waals surface area (Å²) in [4.78, 5) is 0. The molecule has 0 unspecified atom stereocenters. The molecular formula is C16H10Br2. The number of rotatable bonds is 1. The third-order valence-corrected chi connectivity index (χ3v) is 3.88. The van der Waals surface area contributed by atoms with Crippen LogP contribution in [-0.2, 0) is 0 Å². The molecule has 2 heteroatoms. The Labute approximate surface area is 123 Å². The van der Waals surface area contributed by atoms with Gasteiger partial charge in [-0.3, -0.25) is 0 Å². The highest BCUT2D eigenvalue weighted by molar-refractivity contribution is 9.11. The van der Waals surface area contributed by atoms with Crippen molar-refractivity contribution in [3.05, 3.63) is 69.6 Å². The number of hydrogen-bond acceptors (Lipinski definition) is 0. The maximum atomic E-state index is 3.54. The van der Waals surface area contributed by atoms with Crippen LogP contribution < -0.4 is 0 Å². The molecule has 0 aliphatic rings. The van der Waals surface area contributed by atoms with E-state index < -0.39 is 0 Å². The van der Waals surface area contributed by atoms with Crippen LogP contribution in [0.15, 0.2) is 69.6 Å². The summed E-state index contributed by atoms with van der Waals surface area (Å²) in [6.07, 6.45) is 0. The van der Waals surface area contributed by atoms with Crippen molar-refractivity contribution >= 4 is 42.6 Å². The molecule has 3 aromatic carbocycles. The van der Waals surface area contributed by atoms with E-state index in [1.54, 1.807) is 0 Å². The maximum Gasteiger partial charge on any atom is 0.0192 e. The fraction of sp³-hybridized carbons (Fsp3) is 0. The van der Waals surface area contributed by atoms with Crippen LogP contribution in [-0.4, -0.2) is 0 Å². The molecule has 0 heterocycles. The van der Waals surface area contributed by atoms with Crippen molar-refractivity contribution in [1.82, 2.24) is 0 Å². The largest absolute Gasteiger partial charge is 0.0616 e. The number of halogens is 2. The topological polar surface area (TPSA) is 0 Å². The van der Waals surface area contributed by atoms with Gasteiger partial charge in [0.05, 0.1) is 0 Å². The molecule has 0 spiro atoms. The summed E-state index contributed by atoms with van der Waals surface area (Å²) in [5, 5.41) is 2.55. The number of benzene rings is 3. The lowest BCUT2D eigenvalue weighted by atomic mass is 9.98. The Morgan fingerprint density at radius 2 is 1.33 bits per heavy atom. The van der Waals surface area contributed by atoms with Gasteiger partial charge in [0.1, 0.15) is 0 Å². The molecule has 0 saturated carbocycles. The first-order valence-corrected chi connectivity index (χ1v) is 7.27. The second-order valence-electron chi connectivity index (χ2n) is 4.18. The lowest BCUT2D eigenvalue weighted by Gasteiger charge is -2.08. The van der Waals surface area contributed by atoms with Crippen molar-refractivity contribution in [3.63, 3.8) is 0 Å². The van der Waals surface area contributed by atoms with Crippen LogP contribution in [0.2, 0.25) is 0 Å². The van der Waals surface area contributed by atoms with E-state index in [2.05, 4.69) is 92.5 Å². The summed E-state index contributed by atoms with van der Waals surface area (Å²) in [5.41, 5.74) is 2.48. The van der Waals surface area contributed by atoms with Gasteiger partial charge in [0.2, 0.25) is 0 Å². The minimum Gasteiger partial charge on any atom is -0.0616 e. The molecular weight excluding hydrogens is 352 g/mol. The Balaban J connectivity index is 2.31. The van der Waals surface area contributed by atoms with E-state index in [-0.39, 0.29) is 0 Å². The van der Waals surface area contributed by atoms with Crippen molar-refractivity contribution in [2.45, 2.75) is 0 Å². The molecule has 0 N–H and O–H groups in total. The molecule has 0 fully saturated rings. The first kappa shape index (κ1) is 11.9. The van der Waals surface area contributed by atoms with Gasteiger partial charge in [-0.1, -0.05) is 74.3 Å². The van der Waals surface area contributed by atoms with E-state index in [0.29, 0.717) is 0 Å². The van der Waals surface area contributed by atoms with E-state index >= 15 is 0 Å². The van der Waals surface area contributed by atoms with Gasteiger partial charge in [-0.25, -0.2) is 0 Å². The van der Waals surface area contributed by atoms with Crippen LogP contribution in [0.3, 0.4) is 0 Å². The molecule has 3 aromatic rings. The fourth-order valence-corrected chi connectivity index (χ4v) is 3.48. The second kappa shape index (κ2) is 4.87. The Hall–Kier alpha value is -1.12. The van der Waals surface area contributed by atoms with Crippen LogP contribution >= 0.6 is 31.9 Å². The van der Waals surface area contributed by atoms with Crippen molar-refractivity contribution in [1.29, 1.82) is 0 Å². The Morgan fingerprint density at radius 3 is 2.11 bits per heavy atom. The lowest BCUT2D eigenvalue weighted by Crippen LogP contribution is -1.82. The third-order valence-electron chi connectivity index (χ3n) is 2.96. The molecule has 0 amide bonds. The summed E-state index contributed by atoms with van der Waals surface area (Å²) in [6.45, 7) is 0. The molecule has 0 saturated heterocycles.